The van der Waals surface area contributed by atoms with E-state index in [1.54, 1.807) is 18.2 Å². The third-order valence-electron chi connectivity index (χ3n) is 7.07. The Morgan fingerprint density at radius 1 is 0.905 bits per heavy atom. The number of esters is 1. The van der Waals surface area contributed by atoms with Crippen LogP contribution in [0.4, 0.5) is 0 Å². The molecule has 0 saturated heterocycles. The number of nitriles is 1. The van der Waals surface area contributed by atoms with Gasteiger partial charge >= 0.3 is 5.97 Å². The molecule has 2 N–H and O–H groups in total. The minimum Gasteiger partial charge on any atom is -0.489 e. The lowest BCUT2D eigenvalue weighted by Crippen LogP contribution is -2.21. The number of rotatable bonds is 9. The number of carbonyl (C=O) groups is 1. The van der Waals surface area contributed by atoms with Crippen molar-refractivity contribution in [2.75, 3.05) is 6.61 Å². The van der Waals surface area contributed by atoms with E-state index in [4.69, 9.17) is 24.7 Å². The number of hydrogen-bond donors (Lipinski definition) is 1. The van der Waals surface area contributed by atoms with Crippen molar-refractivity contribution in [1.29, 1.82) is 5.26 Å². The third-order valence-corrected chi connectivity index (χ3v) is 7.07. The van der Waals surface area contributed by atoms with E-state index in [9.17, 15) is 10.1 Å². The van der Waals surface area contributed by atoms with E-state index in [1.807, 2.05) is 67.6 Å². The molecule has 0 radical (unpaired) electrons. The van der Waals surface area contributed by atoms with Crippen LogP contribution in [-0.2, 0) is 11.4 Å². The average molecular weight is 561 g/mol. The van der Waals surface area contributed by atoms with Gasteiger partial charge in [-0.05, 0) is 59.9 Å². The third kappa shape index (κ3) is 6.56. The Hall–Kier alpha value is -5.22. The molecular weight excluding hydrogens is 528 g/mol. The summed E-state index contributed by atoms with van der Waals surface area (Å²) < 4.78 is 22.8. The summed E-state index contributed by atoms with van der Waals surface area (Å²) in [5.41, 5.74) is 11.5. The Morgan fingerprint density at radius 3 is 2.21 bits per heavy atom. The molecule has 1 atom stereocenters. The topological polar surface area (TPSA) is 104 Å². The number of ether oxygens (including phenoxy) is 4. The number of nitrogens with zero attached hydrogens (tertiary/aromatic N) is 1. The van der Waals surface area contributed by atoms with Crippen LogP contribution in [0.15, 0.2) is 102 Å². The van der Waals surface area contributed by atoms with Crippen molar-refractivity contribution in [2.45, 2.75) is 39.2 Å². The van der Waals surface area contributed by atoms with Crippen molar-refractivity contribution in [3.05, 3.63) is 130 Å². The molecule has 1 aliphatic rings. The van der Waals surface area contributed by atoms with Gasteiger partial charge in [-0.3, -0.25) is 0 Å². The normalized spacial score (nSPS) is 14.0. The molecule has 0 aliphatic carbocycles. The van der Waals surface area contributed by atoms with Gasteiger partial charge in [0.05, 0.1) is 5.92 Å². The van der Waals surface area contributed by atoms with Crippen LogP contribution in [0.3, 0.4) is 0 Å². The van der Waals surface area contributed by atoms with E-state index >= 15 is 0 Å². The predicted molar refractivity (Wildman–Crippen MR) is 159 cm³/mol. The van der Waals surface area contributed by atoms with Crippen molar-refractivity contribution in [3.63, 3.8) is 0 Å². The first-order valence-corrected chi connectivity index (χ1v) is 13.7. The first kappa shape index (κ1) is 28.3. The Bertz CT molecular complexity index is 1630. The Morgan fingerprint density at radius 2 is 1.55 bits per heavy atom. The van der Waals surface area contributed by atoms with Crippen LogP contribution in [0, 0.1) is 18.3 Å². The van der Waals surface area contributed by atoms with E-state index in [1.165, 1.54) is 11.1 Å². The molecule has 4 aromatic carbocycles. The van der Waals surface area contributed by atoms with Crippen molar-refractivity contribution >= 4 is 5.97 Å². The van der Waals surface area contributed by atoms with Crippen molar-refractivity contribution in [1.82, 2.24) is 0 Å². The molecular formula is C35H32N2O5. The van der Waals surface area contributed by atoms with Gasteiger partial charge in [-0.1, -0.05) is 74.0 Å². The molecule has 0 amide bonds. The number of fused-ring (bicyclic) bond motifs is 1. The van der Waals surface area contributed by atoms with Crippen LogP contribution in [0.1, 0.15) is 53.5 Å². The van der Waals surface area contributed by atoms with Crippen molar-refractivity contribution in [2.24, 2.45) is 5.73 Å². The second-order valence-electron chi connectivity index (χ2n) is 10.5. The molecule has 1 unspecified atom stereocenters. The number of aryl methyl sites for hydroxylation is 1. The second kappa shape index (κ2) is 12.5. The Balaban J connectivity index is 1.27. The zero-order chi connectivity index (χ0) is 29.6. The van der Waals surface area contributed by atoms with Crippen molar-refractivity contribution < 1.29 is 23.7 Å². The van der Waals surface area contributed by atoms with E-state index in [2.05, 4.69) is 32.0 Å². The summed E-state index contributed by atoms with van der Waals surface area (Å²) in [5.74, 6) is 1.39. The summed E-state index contributed by atoms with van der Waals surface area (Å²) in [7, 11) is 0. The predicted octanol–water partition coefficient (Wildman–Crippen LogP) is 6.90. The first-order chi connectivity index (χ1) is 20.3. The maximum atomic E-state index is 12.5. The summed E-state index contributed by atoms with van der Waals surface area (Å²) in [5, 5.41) is 9.90. The maximum Gasteiger partial charge on any atom is 0.349 e. The average Bonchev–Trinajstić information content (AvgIpc) is 2.99. The highest BCUT2D eigenvalue weighted by atomic mass is 16.6. The molecule has 0 fully saturated rings. The van der Waals surface area contributed by atoms with Crippen LogP contribution < -0.4 is 24.7 Å². The van der Waals surface area contributed by atoms with Crippen molar-refractivity contribution in [3.8, 4) is 29.1 Å². The number of carbonyl (C=O) groups excluding carboxylic acids is 1. The van der Waals surface area contributed by atoms with Crippen LogP contribution in [0.5, 0.6) is 23.0 Å². The van der Waals surface area contributed by atoms with Gasteiger partial charge in [-0.25, -0.2) is 4.79 Å². The number of hydrogen-bond acceptors (Lipinski definition) is 7. The first-order valence-electron chi connectivity index (χ1n) is 13.7. The van der Waals surface area contributed by atoms with Gasteiger partial charge in [-0.2, -0.15) is 5.26 Å². The molecule has 7 nitrogen and oxygen atoms in total. The summed E-state index contributed by atoms with van der Waals surface area (Å²) in [4.78, 5) is 12.5. The molecule has 1 heterocycles. The fourth-order valence-electron chi connectivity index (χ4n) is 4.70. The second-order valence-corrected chi connectivity index (χ2v) is 10.5. The zero-order valence-electron chi connectivity index (χ0n) is 23.8. The number of benzene rings is 4. The molecule has 0 saturated carbocycles. The molecule has 0 bridgehead atoms. The van der Waals surface area contributed by atoms with E-state index in [0.29, 0.717) is 35.3 Å². The number of allylic oxidation sites excluding steroid dienone is 1. The van der Waals surface area contributed by atoms with Crippen LogP contribution in [0.2, 0.25) is 0 Å². The highest BCUT2D eigenvalue weighted by molar-refractivity contribution is 5.74. The van der Waals surface area contributed by atoms with Gasteiger partial charge in [0.25, 0.3) is 0 Å². The zero-order valence-corrected chi connectivity index (χ0v) is 23.8. The fraction of sp³-hybridized carbons (Fsp3) is 0.200. The molecule has 5 rings (SSSR count). The SMILES string of the molecule is Cc1ccc(COc2ccc(C3C(C#N)=C(N)Oc4cc(OC(=O)COc5ccc(C(C)C)cc5)ccc43)cc2)cc1. The summed E-state index contributed by atoms with van der Waals surface area (Å²) in [6.07, 6.45) is 0. The lowest BCUT2D eigenvalue weighted by Gasteiger charge is -2.26. The summed E-state index contributed by atoms with van der Waals surface area (Å²) in [6, 6.07) is 30.6. The molecule has 212 valence electrons. The molecule has 0 spiro atoms. The van der Waals surface area contributed by atoms with Gasteiger partial charge in [0, 0.05) is 11.6 Å². The fourth-order valence-corrected chi connectivity index (χ4v) is 4.70. The summed E-state index contributed by atoms with van der Waals surface area (Å²) >= 11 is 0. The standard InChI is InChI=1S/C35H32N2O5/c1-22(2)25-8-12-28(13-9-25)40-21-33(38)41-29-16-17-30-32(18-29)42-35(37)31(19-36)34(30)26-10-14-27(15-11-26)39-20-24-6-4-23(3)5-7-24/h4-18,22,34H,20-21,37H2,1-3H3. The van der Waals surface area contributed by atoms with Gasteiger partial charge < -0.3 is 24.7 Å². The van der Waals surface area contributed by atoms with Crippen LogP contribution >= 0.6 is 0 Å². The van der Waals surface area contributed by atoms with E-state index in [-0.39, 0.29) is 18.2 Å². The Kier molecular flexibility index (Phi) is 8.44. The van der Waals surface area contributed by atoms with Gasteiger partial charge in [0.1, 0.15) is 41.2 Å². The molecule has 7 heteroatoms. The van der Waals surface area contributed by atoms with Gasteiger partial charge in [0.15, 0.2) is 6.61 Å². The monoisotopic (exact) mass is 560 g/mol. The highest BCUT2D eigenvalue weighted by Gasteiger charge is 2.31. The van der Waals surface area contributed by atoms with E-state index < -0.39 is 11.9 Å². The molecule has 0 aromatic heterocycles. The maximum absolute atomic E-state index is 12.5. The van der Waals surface area contributed by atoms with Crippen LogP contribution in [-0.4, -0.2) is 12.6 Å². The highest BCUT2D eigenvalue weighted by Crippen LogP contribution is 2.43. The van der Waals surface area contributed by atoms with Gasteiger partial charge in [0.2, 0.25) is 5.88 Å². The smallest absolute Gasteiger partial charge is 0.349 e. The molecule has 42 heavy (non-hydrogen) atoms. The minimum absolute atomic E-state index is 0.00588. The minimum atomic E-state index is -0.558. The quantitative estimate of drug-likeness (QED) is 0.175. The lowest BCUT2D eigenvalue weighted by atomic mass is 9.83. The summed E-state index contributed by atoms with van der Waals surface area (Å²) in [6.45, 7) is 6.47. The Labute approximate surface area is 245 Å². The number of nitrogens with two attached hydrogens (primary N) is 1. The molecule has 1 aliphatic heterocycles. The van der Waals surface area contributed by atoms with Crippen LogP contribution in [0.25, 0.3) is 0 Å². The van der Waals surface area contributed by atoms with E-state index in [0.717, 1.165) is 16.7 Å². The largest absolute Gasteiger partial charge is 0.489 e. The molecule has 4 aromatic rings. The lowest BCUT2D eigenvalue weighted by molar-refractivity contribution is -0.136. The van der Waals surface area contributed by atoms with Gasteiger partial charge in [-0.15, -0.1) is 0 Å².